The highest BCUT2D eigenvalue weighted by molar-refractivity contribution is 7.84. The van der Waals surface area contributed by atoms with E-state index in [1.54, 1.807) is 0 Å². The van der Waals surface area contributed by atoms with Gasteiger partial charge < -0.3 is 5.32 Å². The molecule has 1 saturated carbocycles. The molecule has 0 radical (unpaired) electrons. The van der Waals surface area contributed by atoms with Crippen molar-refractivity contribution in [2.45, 2.75) is 31.1 Å². The number of benzene rings is 1. The number of nitrogens with one attached hydrogen (secondary N) is 1. The van der Waals surface area contributed by atoms with E-state index in [4.69, 9.17) is 11.6 Å². The molecule has 1 aromatic rings. The second kappa shape index (κ2) is 6.53. The fourth-order valence-corrected chi connectivity index (χ4v) is 2.97. The molecule has 1 aliphatic rings. The Kier molecular flexibility index (Phi) is 5.01. The van der Waals surface area contributed by atoms with Crippen LogP contribution in [0.25, 0.3) is 0 Å². The standard InChI is InChI=1S/C13H18ClNOS/c14-12-4-2-11(3-5-12)10-17(16)9-1-8-15-13-6-7-13/h2-5,13,15H,1,6-10H2. The second-order valence-corrected chi connectivity index (χ2v) is 6.51. The first-order valence-electron chi connectivity index (χ1n) is 6.07. The van der Waals surface area contributed by atoms with Gasteiger partial charge in [-0.15, -0.1) is 0 Å². The summed E-state index contributed by atoms with van der Waals surface area (Å²) in [6.07, 6.45) is 3.62. The average Bonchev–Trinajstić information content (AvgIpc) is 3.12. The Hall–Kier alpha value is -0.380. The normalized spacial score (nSPS) is 17.0. The summed E-state index contributed by atoms with van der Waals surface area (Å²) >= 11 is 5.80. The SMILES string of the molecule is O=S(CCCNC1CC1)Cc1ccc(Cl)cc1. The van der Waals surface area contributed by atoms with Gasteiger partial charge in [0.1, 0.15) is 0 Å². The van der Waals surface area contributed by atoms with Crippen LogP contribution in [0.15, 0.2) is 24.3 Å². The van der Waals surface area contributed by atoms with Crippen LogP contribution in [-0.2, 0) is 16.6 Å². The Morgan fingerprint density at radius 2 is 2.00 bits per heavy atom. The number of halogens is 1. The summed E-state index contributed by atoms with van der Waals surface area (Å²) in [5.41, 5.74) is 1.10. The summed E-state index contributed by atoms with van der Waals surface area (Å²) < 4.78 is 11.8. The van der Waals surface area contributed by atoms with Crippen LogP contribution in [0.4, 0.5) is 0 Å². The van der Waals surface area contributed by atoms with Crippen molar-refractivity contribution in [3.63, 3.8) is 0 Å². The smallest absolute Gasteiger partial charge is 0.0485 e. The number of hydrogen-bond donors (Lipinski definition) is 1. The van der Waals surface area contributed by atoms with Crippen LogP contribution in [0.2, 0.25) is 5.02 Å². The van der Waals surface area contributed by atoms with Crippen LogP contribution in [0, 0.1) is 0 Å². The lowest BCUT2D eigenvalue weighted by atomic mass is 10.2. The molecule has 1 unspecified atom stereocenters. The van der Waals surface area contributed by atoms with Crippen LogP contribution in [0.1, 0.15) is 24.8 Å². The van der Waals surface area contributed by atoms with Gasteiger partial charge in [0.05, 0.1) is 0 Å². The van der Waals surface area contributed by atoms with Crippen molar-refractivity contribution in [3.05, 3.63) is 34.9 Å². The molecule has 2 rings (SSSR count). The minimum Gasteiger partial charge on any atom is -0.314 e. The minimum absolute atomic E-state index is 0.639. The lowest BCUT2D eigenvalue weighted by Gasteiger charge is -2.04. The Morgan fingerprint density at radius 3 is 2.65 bits per heavy atom. The number of hydrogen-bond acceptors (Lipinski definition) is 2. The van der Waals surface area contributed by atoms with E-state index >= 15 is 0 Å². The maximum absolute atomic E-state index is 11.8. The van der Waals surface area contributed by atoms with E-state index in [1.165, 1.54) is 12.8 Å². The van der Waals surface area contributed by atoms with E-state index in [-0.39, 0.29) is 0 Å². The van der Waals surface area contributed by atoms with E-state index in [0.717, 1.165) is 35.3 Å². The Balaban J connectivity index is 1.63. The third-order valence-electron chi connectivity index (χ3n) is 2.80. The van der Waals surface area contributed by atoms with Gasteiger partial charge >= 0.3 is 0 Å². The third-order valence-corrected chi connectivity index (χ3v) is 4.45. The van der Waals surface area contributed by atoms with Crippen molar-refractivity contribution in [2.75, 3.05) is 12.3 Å². The second-order valence-electron chi connectivity index (χ2n) is 4.50. The van der Waals surface area contributed by atoms with Gasteiger partial charge in [-0.25, -0.2) is 0 Å². The molecule has 94 valence electrons. The Labute approximate surface area is 110 Å². The van der Waals surface area contributed by atoms with Crippen LogP contribution in [0.5, 0.6) is 0 Å². The van der Waals surface area contributed by atoms with Crippen molar-refractivity contribution in [3.8, 4) is 0 Å². The van der Waals surface area contributed by atoms with Gasteiger partial charge in [-0.2, -0.15) is 0 Å². The molecule has 0 aromatic heterocycles. The zero-order chi connectivity index (χ0) is 12.1. The molecule has 0 saturated heterocycles. The molecule has 0 bridgehead atoms. The molecule has 1 aliphatic carbocycles. The highest BCUT2D eigenvalue weighted by Crippen LogP contribution is 2.18. The molecule has 1 aromatic carbocycles. The Morgan fingerprint density at radius 1 is 1.29 bits per heavy atom. The topological polar surface area (TPSA) is 29.1 Å². The molecule has 1 atom stereocenters. The lowest BCUT2D eigenvalue weighted by Crippen LogP contribution is -2.19. The predicted molar refractivity (Wildman–Crippen MR) is 73.8 cm³/mol. The van der Waals surface area contributed by atoms with Crippen LogP contribution < -0.4 is 5.32 Å². The van der Waals surface area contributed by atoms with E-state index in [2.05, 4.69) is 5.32 Å². The summed E-state index contributed by atoms with van der Waals surface area (Å²) in [6.45, 7) is 0.997. The molecular formula is C13H18ClNOS. The largest absolute Gasteiger partial charge is 0.314 e. The van der Waals surface area contributed by atoms with Crippen LogP contribution in [0.3, 0.4) is 0 Å². The zero-order valence-corrected chi connectivity index (χ0v) is 11.4. The van der Waals surface area contributed by atoms with Gasteiger partial charge in [0.25, 0.3) is 0 Å². The molecule has 0 heterocycles. The van der Waals surface area contributed by atoms with Crippen molar-refractivity contribution in [1.29, 1.82) is 0 Å². The average molecular weight is 272 g/mol. The fourth-order valence-electron chi connectivity index (χ4n) is 1.67. The number of rotatable bonds is 7. The molecule has 0 spiro atoms. The zero-order valence-electron chi connectivity index (χ0n) is 9.82. The monoisotopic (exact) mass is 271 g/mol. The quantitative estimate of drug-likeness (QED) is 0.773. The van der Waals surface area contributed by atoms with Gasteiger partial charge in [-0.3, -0.25) is 4.21 Å². The third kappa shape index (κ3) is 5.19. The van der Waals surface area contributed by atoms with Crippen molar-refractivity contribution < 1.29 is 4.21 Å². The first-order valence-corrected chi connectivity index (χ1v) is 7.93. The van der Waals surface area contributed by atoms with Gasteiger partial charge in [0.15, 0.2) is 0 Å². The van der Waals surface area contributed by atoms with Crippen molar-refractivity contribution >= 4 is 22.4 Å². The van der Waals surface area contributed by atoms with Crippen LogP contribution >= 0.6 is 11.6 Å². The predicted octanol–water partition coefficient (Wildman–Crippen LogP) is 2.73. The minimum atomic E-state index is -0.755. The highest BCUT2D eigenvalue weighted by atomic mass is 35.5. The van der Waals surface area contributed by atoms with E-state index in [1.807, 2.05) is 24.3 Å². The molecule has 1 N–H and O–H groups in total. The molecule has 17 heavy (non-hydrogen) atoms. The van der Waals surface area contributed by atoms with Crippen molar-refractivity contribution in [2.24, 2.45) is 0 Å². The van der Waals surface area contributed by atoms with Crippen LogP contribution in [-0.4, -0.2) is 22.5 Å². The maximum atomic E-state index is 11.8. The molecule has 2 nitrogen and oxygen atoms in total. The van der Waals surface area contributed by atoms with Gasteiger partial charge in [-0.1, -0.05) is 23.7 Å². The van der Waals surface area contributed by atoms with Gasteiger partial charge in [-0.05, 0) is 43.5 Å². The molecular weight excluding hydrogens is 254 g/mol. The first-order chi connectivity index (χ1) is 8.24. The summed E-state index contributed by atoms with van der Waals surface area (Å²) in [5, 5.41) is 4.16. The van der Waals surface area contributed by atoms with Crippen molar-refractivity contribution in [1.82, 2.24) is 5.32 Å². The van der Waals surface area contributed by atoms with E-state index in [0.29, 0.717) is 5.75 Å². The first kappa shape index (κ1) is 13.1. The molecule has 4 heteroatoms. The Bertz CT molecular complexity index is 376. The molecule has 1 fully saturated rings. The fraction of sp³-hybridized carbons (Fsp3) is 0.538. The van der Waals surface area contributed by atoms with E-state index < -0.39 is 10.8 Å². The lowest BCUT2D eigenvalue weighted by molar-refractivity contribution is 0.657. The molecule has 0 amide bonds. The summed E-state index contributed by atoms with van der Waals surface area (Å²) in [6, 6.07) is 8.34. The summed E-state index contributed by atoms with van der Waals surface area (Å²) in [7, 11) is -0.755. The van der Waals surface area contributed by atoms with Gasteiger partial charge in [0.2, 0.25) is 0 Å². The summed E-state index contributed by atoms with van der Waals surface area (Å²) in [4.78, 5) is 0. The highest BCUT2D eigenvalue weighted by Gasteiger charge is 2.19. The molecule has 0 aliphatic heterocycles. The maximum Gasteiger partial charge on any atom is 0.0485 e. The van der Waals surface area contributed by atoms with E-state index in [9.17, 15) is 4.21 Å². The summed E-state index contributed by atoms with van der Waals surface area (Å²) in [5.74, 6) is 1.42. The van der Waals surface area contributed by atoms with Gasteiger partial charge in [0, 0.05) is 33.4 Å².